The Balaban J connectivity index is 1.80. The monoisotopic (exact) mass is 428 g/mol. The largest absolute Gasteiger partial charge is 0.480 e. The molecule has 1 aromatic carbocycles. The average Bonchev–Trinajstić information content (AvgIpc) is 3.09. The highest BCUT2D eigenvalue weighted by atomic mass is 32.2. The molecule has 7 nitrogen and oxygen atoms in total. The van der Waals surface area contributed by atoms with Crippen molar-refractivity contribution in [3.63, 3.8) is 0 Å². The molecule has 0 atom stereocenters. The Bertz CT molecular complexity index is 1160. The van der Waals surface area contributed by atoms with Gasteiger partial charge in [-0.15, -0.1) is 10.2 Å². The number of sulfone groups is 1. The first kappa shape index (κ1) is 20.8. The minimum atomic E-state index is -3.80. The summed E-state index contributed by atoms with van der Waals surface area (Å²) in [6, 6.07) is 8.08. The summed E-state index contributed by atoms with van der Waals surface area (Å²) >= 11 is 0. The Morgan fingerprint density at radius 2 is 1.93 bits per heavy atom. The number of benzene rings is 1. The summed E-state index contributed by atoms with van der Waals surface area (Å²) in [7, 11) is -2.34. The van der Waals surface area contributed by atoms with Crippen molar-refractivity contribution in [3.8, 4) is 5.88 Å². The van der Waals surface area contributed by atoms with Crippen LogP contribution in [0, 0.1) is 5.92 Å². The predicted molar refractivity (Wildman–Crippen MR) is 114 cm³/mol. The smallest absolute Gasteiger partial charge is 0.233 e. The van der Waals surface area contributed by atoms with Crippen LogP contribution in [0.2, 0.25) is 0 Å². The van der Waals surface area contributed by atoms with Gasteiger partial charge < -0.3 is 9.30 Å². The molecule has 30 heavy (non-hydrogen) atoms. The van der Waals surface area contributed by atoms with E-state index in [9.17, 15) is 8.42 Å². The predicted octanol–water partition coefficient (Wildman–Crippen LogP) is 4.16. The fourth-order valence-electron chi connectivity index (χ4n) is 3.75. The fraction of sp³-hybridized carbons (Fsp3) is 0.500. The first-order valence-corrected chi connectivity index (χ1v) is 11.9. The van der Waals surface area contributed by atoms with Crippen LogP contribution in [0.25, 0.3) is 11.0 Å². The van der Waals surface area contributed by atoms with E-state index >= 15 is 0 Å². The van der Waals surface area contributed by atoms with Crippen LogP contribution in [0.5, 0.6) is 5.88 Å². The molecular formula is C22H28N4O3S. The van der Waals surface area contributed by atoms with Crippen molar-refractivity contribution in [1.29, 1.82) is 0 Å². The zero-order chi connectivity index (χ0) is 21.5. The summed E-state index contributed by atoms with van der Waals surface area (Å²) in [5.74, 6) is 1.96. The van der Waals surface area contributed by atoms with Gasteiger partial charge in [0.2, 0.25) is 15.7 Å². The molecule has 0 bridgehead atoms. The second-order valence-electron chi connectivity index (χ2n) is 8.65. The van der Waals surface area contributed by atoms with Gasteiger partial charge in [-0.25, -0.2) is 13.4 Å². The third-order valence-corrected chi connectivity index (χ3v) is 7.93. The van der Waals surface area contributed by atoms with Crippen LogP contribution < -0.4 is 4.74 Å². The van der Waals surface area contributed by atoms with Crippen molar-refractivity contribution in [3.05, 3.63) is 36.2 Å². The topological polar surface area (TPSA) is 87.0 Å². The lowest BCUT2D eigenvalue weighted by atomic mass is 9.84. The van der Waals surface area contributed by atoms with Crippen LogP contribution in [0.3, 0.4) is 0 Å². The van der Waals surface area contributed by atoms with Crippen LogP contribution in [-0.4, -0.2) is 35.3 Å². The molecule has 1 fully saturated rings. The van der Waals surface area contributed by atoms with E-state index < -0.39 is 9.84 Å². The summed E-state index contributed by atoms with van der Waals surface area (Å²) in [6.07, 6.45) is 4.73. The van der Waals surface area contributed by atoms with Gasteiger partial charge in [-0.2, -0.15) is 0 Å². The quantitative estimate of drug-likeness (QED) is 0.562. The lowest BCUT2D eigenvalue weighted by molar-refractivity contribution is 0.270. The summed E-state index contributed by atoms with van der Waals surface area (Å²) in [6.45, 7) is 7.47. The number of ether oxygens (including phenoxy) is 1. The Morgan fingerprint density at radius 1 is 1.17 bits per heavy atom. The maximum Gasteiger partial charge on any atom is 0.233 e. The van der Waals surface area contributed by atoms with E-state index in [1.165, 1.54) is 38.5 Å². The number of hydrogen-bond acceptors (Lipinski definition) is 6. The Hall–Kier alpha value is -2.48. The molecule has 0 N–H and O–H groups in total. The molecule has 160 valence electrons. The minimum absolute atomic E-state index is 0.0940. The molecule has 1 aliphatic rings. The minimum Gasteiger partial charge on any atom is -0.480 e. The number of nitrogens with zero attached hydrogens (tertiary/aromatic N) is 4. The molecule has 1 saturated carbocycles. The van der Waals surface area contributed by atoms with Crippen LogP contribution in [0.15, 0.2) is 40.3 Å². The summed E-state index contributed by atoms with van der Waals surface area (Å²) in [5, 5.41) is 7.51. The molecule has 2 aromatic heterocycles. The standard InChI is InChI=1S/C22H28N4O3S/c1-5-22(2,3)21-23-17-13-16(9-10-18(17)26(21)14-15-7-6-8-15)30(27,28)20-12-11-19(29-4)24-25-20/h9-13,15H,5-8,14H2,1-4H3. The van der Waals surface area contributed by atoms with Gasteiger partial charge in [0.15, 0.2) is 5.03 Å². The molecule has 0 spiro atoms. The van der Waals surface area contributed by atoms with Gasteiger partial charge in [-0.1, -0.05) is 27.2 Å². The van der Waals surface area contributed by atoms with E-state index in [0.29, 0.717) is 11.4 Å². The molecule has 0 radical (unpaired) electrons. The van der Waals surface area contributed by atoms with Gasteiger partial charge in [-0.05, 0) is 49.4 Å². The molecule has 8 heteroatoms. The molecule has 1 aliphatic carbocycles. The second kappa shape index (κ2) is 7.65. The molecule has 2 heterocycles. The molecule has 0 saturated heterocycles. The lowest BCUT2D eigenvalue weighted by Crippen LogP contribution is -2.26. The van der Waals surface area contributed by atoms with Gasteiger partial charge in [0, 0.05) is 18.0 Å². The normalized spacial score (nSPS) is 15.3. The number of fused-ring (bicyclic) bond motifs is 1. The zero-order valence-electron chi connectivity index (χ0n) is 17.9. The van der Waals surface area contributed by atoms with Gasteiger partial charge in [0.1, 0.15) is 5.82 Å². The third-order valence-electron chi connectivity index (χ3n) is 6.28. The Labute approximate surface area is 177 Å². The first-order valence-electron chi connectivity index (χ1n) is 10.4. The second-order valence-corrected chi connectivity index (χ2v) is 10.5. The molecule has 3 aromatic rings. The van der Waals surface area contributed by atoms with Gasteiger partial charge in [0.05, 0.1) is 23.0 Å². The Morgan fingerprint density at radius 3 is 2.50 bits per heavy atom. The number of methoxy groups -OCH3 is 1. The van der Waals surface area contributed by atoms with Crippen molar-refractivity contribution in [1.82, 2.24) is 19.7 Å². The van der Waals surface area contributed by atoms with Crippen molar-refractivity contribution in [2.24, 2.45) is 5.92 Å². The molecule has 0 amide bonds. The van der Waals surface area contributed by atoms with Gasteiger partial charge in [0.25, 0.3) is 0 Å². The fourth-order valence-corrected chi connectivity index (χ4v) is 4.90. The van der Waals surface area contributed by atoms with Gasteiger partial charge in [-0.3, -0.25) is 0 Å². The van der Waals surface area contributed by atoms with Crippen LogP contribution in [-0.2, 0) is 21.8 Å². The van der Waals surface area contributed by atoms with Crippen molar-refractivity contribution < 1.29 is 13.2 Å². The highest BCUT2D eigenvalue weighted by Crippen LogP contribution is 2.35. The molecule has 4 rings (SSSR count). The maximum atomic E-state index is 13.1. The Kier molecular flexibility index (Phi) is 5.30. The van der Waals surface area contributed by atoms with E-state index in [4.69, 9.17) is 9.72 Å². The maximum absolute atomic E-state index is 13.1. The SMILES string of the molecule is CCC(C)(C)c1nc2cc(S(=O)(=O)c3ccc(OC)nn3)ccc2n1CC1CCC1. The number of hydrogen-bond donors (Lipinski definition) is 0. The van der Waals surface area contributed by atoms with Crippen molar-refractivity contribution >= 4 is 20.9 Å². The number of rotatable bonds is 7. The highest BCUT2D eigenvalue weighted by Gasteiger charge is 2.29. The average molecular weight is 429 g/mol. The van der Waals surface area contributed by atoms with Crippen molar-refractivity contribution in [2.75, 3.05) is 7.11 Å². The molecular weight excluding hydrogens is 400 g/mol. The summed E-state index contributed by atoms with van der Waals surface area (Å²) in [4.78, 5) is 5.07. The van der Waals surface area contributed by atoms with Crippen LogP contribution in [0.1, 0.15) is 52.3 Å². The van der Waals surface area contributed by atoms with E-state index in [1.54, 1.807) is 12.1 Å². The molecule has 0 unspecified atom stereocenters. The summed E-state index contributed by atoms with van der Waals surface area (Å²) < 4.78 is 33.4. The lowest BCUT2D eigenvalue weighted by Gasteiger charge is -2.30. The van der Waals surface area contributed by atoms with E-state index in [-0.39, 0.29) is 21.2 Å². The summed E-state index contributed by atoms with van der Waals surface area (Å²) in [5.41, 5.74) is 1.59. The van der Waals surface area contributed by atoms with Crippen LogP contribution >= 0.6 is 0 Å². The number of aromatic nitrogens is 4. The van der Waals surface area contributed by atoms with E-state index in [2.05, 4.69) is 35.5 Å². The molecule has 0 aliphatic heterocycles. The highest BCUT2D eigenvalue weighted by molar-refractivity contribution is 7.91. The van der Waals surface area contributed by atoms with Crippen molar-refractivity contribution in [2.45, 2.75) is 68.3 Å². The van der Waals surface area contributed by atoms with E-state index in [1.807, 2.05) is 6.07 Å². The van der Waals surface area contributed by atoms with E-state index in [0.717, 1.165) is 24.3 Å². The number of imidazole rings is 1. The van der Waals surface area contributed by atoms with Gasteiger partial charge >= 0.3 is 0 Å². The third kappa shape index (κ3) is 3.57. The van der Waals surface area contributed by atoms with Crippen LogP contribution in [0.4, 0.5) is 0 Å². The zero-order valence-corrected chi connectivity index (χ0v) is 18.7. The first-order chi connectivity index (χ1) is 14.3.